The second-order valence-electron chi connectivity index (χ2n) is 6.26. The smallest absolute Gasteiger partial charge is 0.344 e. The Kier molecular flexibility index (Phi) is 6.03. The van der Waals surface area contributed by atoms with Gasteiger partial charge in [-0.15, -0.1) is 0 Å². The number of cyclic esters (lactones) is 1. The predicted molar refractivity (Wildman–Crippen MR) is 103 cm³/mol. The molecule has 0 saturated carbocycles. The Bertz CT molecular complexity index is 862. The SMILES string of the molecule is CCCCOC(=O)c1ccc(N[C@H]2OC(=O)c3c2ccc(OC)c3OC)cc1. The number of fused-ring (bicyclic) bond motifs is 1. The molecule has 1 heterocycles. The van der Waals surface area contributed by atoms with Gasteiger partial charge in [-0.25, -0.2) is 9.59 Å². The Balaban J connectivity index is 1.74. The number of hydrogen-bond acceptors (Lipinski definition) is 7. The molecule has 148 valence electrons. The summed E-state index contributed by atoms with van der Waals surface area (Å²) in [7, 11) is 2.99. The fraction of sp³-hybridized carbons (Fsp3) is 0.333. The summed E-state index contributed by atoms with van der Waals surface area (Å²) in [6.45, 7) is 2.45. The molecule has 1 aliphatic rings. The Hall–Kier alpha value is -3.22. The molecule has 1 aliphatic heterocycles. The van der Waals surface area contributed by atoms with Crippen molar-refractivity contribution in [3.63, 3.8) is 0 Å². The predicted octanol–water partition coefficient (Wildman–Crippen LogP) is 3.94. The van der Waals surface area contributed by atoms with E-state index in [1.165, 1.54) is 14.2 Å². The number of rotatable bonds is 8. The molecular formula is C21H23NO6. The molecule has 0 fully saturated rings. The number of methoxy groups -OCH3 is 2. The number of carbonyl (C=O) groups excluding carboxylic acids is 2. The van der Waals surface area contributed by atoms with Gasteiger partial charge in [0.15, 0.2) is 11.5 Å². The van der Waals surface area contributed by atoms with E-state index in [0.29, 0.717) is 40.5 Å². The zero-order chi connectivity index (χ0) is 20.1. The highest BCUT2D eigenvalue weighted by atomic mass is 16.6. The van der Waals surface area contributed by atoms with Crippen molar-refractivity contribution < 1.29 is 28.5 Å². The molecule has 7 heteroatoms. The lowest BCUT2D eigenvalue weighted by atomic mass is 10.1. The first-order valence-corrected chi connectivity index (χ1v) is 9.08. The first-order chi connectivity index (χ1) is 13.6. The third-order valence-corrected chi connectivity index (χ3v) is 4.44. The van der Waals surface area contributed by atoms with E-state index in [1.807, 2.05) is 6.92 Å². The van der Waals surface area contributed by atoms with E-state index in [2.05, 4.69) is 5.32 Å². The third kappa shape index (κ3) is 3.88. The maximum atomic E-state index is 12.3. The third-order valence-electron chi connectivity index (χ3n) is 4.44. The lowest BCUT2D eigenvalue weighted by Gasteiger charge is -2.15. The van der Waals surface area contributed by atoms with Crippen LogP contribution in [0.4, 0.5) is 5.69 Å². The van der Waals surface area contributed by atoms with Crippen molar-refractivity contribution in [1.82, 2.24) is 0 Å². The Morgan fingerprint density at radius 1 is 1.11 bits per heavy atom. The van der Waals surface area contributed by atoms with Crippen LogP contribution in [-0.4, -0.2) is 32.8 Å². The fourth-order valence-electron chi connectivity index (χ4n) is 2.95. The highest BCUT2D eigenvalue weighted by Crippen LogP contribution is 2.42. The van der Waals surface area contributed by atoms with Crippen LogP contribution in [0.1, 0.15) is 52.3 Å². The first kappa shape index (κ1) is 19.5. The molecule has 2 aromatic rings. The normalized spacial score (nSPS) is 14.8. The van der Waals surface area contributed by atoms with Gasteiger partial charge in [-0.2, -0.15) is 0 Å². The second kappa shape index (κ2) is 8.65. The largest absolute Gasteiger partial charge is 0.493 e. The first-order valence-electron chi connectivity index (χ1n) is 9.08. The lowest BCUT2D eigenvalue weighted by Crippen LogP contribution is -2.11. The van der Waals surface area contributed by atoms with Gasteiger partial charge in [0.25, 0.3) is 0 Å². The zero-order valence-electron chi connectivity index (χ0n) is 16.1. The maximum Gasteiger partial charge on any atom is 0.344 e. The van der Waals surface area contributed by atoms with E-state index in [0.717, 1.165) is 12.8 Å². The summed E-state index contributed by atoms with van der Waals surface area (Å²) < 4.78 is 21.2. The molecule has 0 radical (unpaired) electrons. The van der Waals surface area contributed by atoms with Gasteiger partial charge in [0.1, 0.15) is 5.56 Å². The molecule has 0 unspecified atom stereocenters. The summed E-state index contributed by atoms with van der Waals surface area (Å²) in [5.74, 6) is -0.0295. The number of benzene rings is 2. The van der Waals surface area contributed by atoms with Crippen LogP contribution in [-0.2, 0) is 9.47 Å². The standard InChI is InChI=1S/C21H23NO6/c1-4-5-12-27-20(23)13-6-8-14(9-7-13)22-19-15-10-11-16(25-2)18(26-3)17(15)21(24)28-19/h6-11,19,22H,4-5,12H2,1-3H3/t19-/m0/s1. The highest BCUT2D eigenvalue weighted by molar-refractivity contribution is 5.98. The van der Waals surface area contributed by atoms with E-state index in [-0.39, 0.29) is 5.97 Å². The van der Waals surface area contributed by atoms with Crippen LogP contribution in [0, 0.1) is 0 Å². The molecule has 0 bridgehead atoms. The summed E-state index contributed by atoms with van der Waals surface area (Å²) in [4.78, 5) is 24.3. The molecule has 7 nitrogen and oxygen atoms in total. The highest BCUT2D eigenvalue weighted by Gasteiger charge is 2.35. The van der Waals surface area contributed by atoms with Crippen molar-refractivity contribution in [1.29, 1.82) is 0 Å². The quantitative estimate of drug-likeness (QED) is 0.544. The van der Waals surface area contributed by atoms with Crippen LogP contribution in [0.15, 0.2) is 36.4 Å². The number of hydrogen-bond donors (Lipinski definition) is 1. The van der Waals surface area contributed by atoms with Crippen LogP contribution >= 0.6 is 0 Å². The van der Waals surface area contributed by atoms with E-state index in [9.17, 15) is 9.59 Å². The number of carbonyl (C=O) groups is 2. The van der Waals surface area contributed by atoms with Gasteiger partial charge in [-0.05, 0) is 42.8 Å². The molecular weight excluding hydrogens is 362 g/mol. The minimum absolute atomic E-state index is 0.343. The molecule has 0 saturated heterocycles. The second-order valence-corrected chi connectivity index (χ2v) is 6.26. The summed E-state index contributed by atoms with van der Waals surface area (Å²) in [5, 5.41) is 3.14. The monoisotopic (exact) mass is 385 g/mol. The minimum Gasteiger partial charge on any atom is -0.493 e. The summed E-state index contributed by atoms with van der Waals surface area (Å²) in [6, 6.07) is 10.3. The zero-order valence-corrected chi connectivity index (χ0v) is 16.1. The topological polar surface area (TPSA) is 83.1 Å². The summed E-state index contributed by atoms with van der Waals surface area (Å²) in [6.07, 6.45) is 1.14. The van der Waals surface area contributed by atoms with Gasteiger partial charge in [-0.3, -0.25) is 0 Å². The molecule has 0 aliphatic carbocycles. The Morgan fingerprint density at radius 3 is 2.50 bits per heavy atom. The van der Waals surface area contributed by atoms with Crippen molar-refractivity contribution in [2.75, 3.05) is 26.1 Å². The van der Waals surface area contributed by atoms with E-state index < -0.39 is 12.2 Å². The number of nitrogens with one attached hydrogen (secondary N) is 1. The molecule has 3 rings (SSSR count). The summed E-state index contributed by atoms with van der Waals surface area (Å²) >= 11 is 0. The van der Waals surface area contributed by atoms with Gasteiger partial charge in [0.05, 0.1) is 26.4 Å². The number of esters is 2. The van der Waals surface area contributed by atoms with E-state index >= 15 is 0 Å². The molecule has 2 aromatic carbocycles. The van der Waals surface area contributed by atoms with Gasteiger partial charge < -0.3 is 24.3 Å². The van der Waals surface area contributed by atoms with Crippen LogP contribution in [0.25, 0.3) is 0 Å². The number of unbranched alkanes of at least 4 members (excludes halogenated alkanes) is 1. The Morgan fingerprint density at radius 2 is 1.86 bits per heavy atom. The van der Waals surface area contributed by atoms with Crippen LogP contribution < -0.4 is 14.8 Å². The van der Waals surface area contributed by atoms with E-state index in [4.69, 9.17) is 18.9 Å². The van der Waals surface area contributed by atoms with Crippen LogP contribution in [0.5, 0.6) is 11.5 Å². The molecule has 0 aromatic heterocycles. The van der Waals surface area contributed by atoms with Crippen LogP contribution in [0.3, 0.4) is 0 Å². The average molecular weight is 385 g/mol. The van der Waals surface area contributed by atoms with Gasteiger partial charge in [0.2, 0.25) is 6.23 Å². The van der Waals surface area contributed by atoms with Crippen LogP contribution in [0.2, 0.25) is 0 Å². The van der Waals surface area contributed by atoms with E-state index in [1.54, 1.807) is 36.4 Å². The fourth-order valence-corrected chi connectivity index (χ4v) is 2.95. The molecule has 28 heavy (non-hydrogen) atoms. The van der Waals surface area contributed by atoms with Crippen molar-refractivity contribution in [3.8, 4) is 11.5 Å². The number of anilines is 1. The summed E-state index contributed by atoms with van der Waals surface area (Å²) in [5.41, 5.74) is 2.17. The molecule has 1 atom stereocenters. The Labute approximate surface area is 163 Å². The average Bonchev–Trinajstić information content (AvgIpc) is 3.03. The molecule has 0 amide bonds. The van der Waals surface area contributed by atoms with Crippen molar-refractivity contribution in [3.05, 3.63) is 53.1 Å². The van der Waals surface area contributed by atoms with Gasteiger partial charge >= 0.3 is 11.9 Å². The number of ether oxygens (including phenoxy) is 4. The van der Waals surface area contributed by atoms with Crippen molar-refractivity contribution in [2.45, 2.75) is 26.0 Å². The molecule has 0 spiro atoms. The lowest BCUT2D eigenvalue weighted by molar-refractivity contribution is 0.0434. The maximum absolute atomic E-state index is 12.3. The minimum atomic E-state index is -0.662. The van der Waals surface area contributed by atoms with Crippen molar-refractivity contribution >= 4 is 17.6 Å². The van der Waals surface area contributed by atoms with Crippen molar-refractivity contribution in [2.24, 2.45) is 0 Å². The molecule has 1 N–H and O–H groups in total. The van der Waals surface area contributed by atoms with Gasteiger partial charge in [0, 0.05) is 11.3 Å². The van der Waals surface area contributed by atoms with Gasteiger partial charge in [-0.1, -0.05) is 13.3 Å².